The number of nitrogens with zero attached hydrogens (tertiary/aromatic N) is 1. The van der Waals surface area contributed by atoms with E-state index in [-0.39, 0.29) is 0 Å². The molecule has 0 aromatic carbocycles. The minimum Gasteiger partial charge on any atom is -0.356 e. The maximum atomic E-state index is 5.61. The van der Waals surface area contributed by atoms with Gasteiger partial charge >= 0.3 is 0 Å². The summed E-state index contributed by atoms with van der Waals surface area (Å²) in [6.07, 6.45) is 12.5. The second-order valence-electron chi connectivity index (χ2n) is 7.81. The van der Waals surface area contributed by atoms with Crippen molar-refractivity contribution in [1.82, 2.24) is 15.8 Å². The molecule has 4 aliphatic carbocycles. The topological polar surface area (TPSA) is 27.3 Å². The van der Waals surface area contributed by atoms with Gasteiger partial charge in [0.25, 0.3) is 0 Å². The summed E-state index contributed by atoms with van der Waals surface area (Å²) in [5, 5.41) is 6.94. The second-order valence-corrected chi connectivity index (χ2v) is 8.22. The molecule has 4 bridgehead atoms. The molecule has 0 amide bonds. The van der Waals surface area contributed by atoms with Gasteiger partial charge in [-0.05, 0) is 81.3 Å². The van der Waals surface area contributed by atoms with E-state index in [4.69, 9.17) is 12.2 Å². The average molecular weight is 293 g/mol. The van der Waals surface area contributed by atoms with E-state index in [0.717, 1.165) is 36.0 Å². The van der Waals surface area contributed by atoms with Crippen LogP contribution in [-0.2, 0) is 0 Å². The summed E-state index contributed by atoms with van der Waals surface area (Å²) < 4.78 is 0. The molecule has 5 rings (SSSR count). The highest BCUT2D eigenvalue weighted by molar-refractivity contribution is 7.80. The molecule has 4 saturated carbocycles. The number of rotatable bonds is 2. The molecule has 0 atom stereocenters. The fraction of sp³-hybridized carbons (Fsp3) is 0.938. The third-order valence-corrected chi connectivity index (χ3v) is 6.23. The number of hydrogen-bond acceptors (Lipinski definition) is 2. The van der Waals surface area contributed by atoms with E-state index in [1.165, 1.54) is 57.8 Å². The summed E-state index contributed by atoms with van der Waals surface area (Å²) in [5.74, 6) is 2.93. The molecular formula is C16H27N3S. The molecule has 20 heavy (non-hydrogen) atoms. The molecule has 1 aliphatic heterocycles. The van der Waals surface area contributed by atoms with Gasteiger partial charge in [-0.15, -0.1) is 0 Å². The molecule has 0 aromatic heterocycles. The molecule has 5 fully saturated rings. The first kappa shape index (κ1) is 13.3. The molecule has 0 unspecified atom stereocenters. The first-order valence-electron chi connectivity index (χ1n) is 8.55. The molecule has 2 N–H and O–H groups in total. The SMILES string of the molecule is S=C(NN1CCCCC1)NC12CC3CC(CC(C3)C1)C2. The van der Waals surface area contributed by atoms with Crippen molar-refractivity contribution in [3.8, 4) is 0 Å². The van der Waals surface area contributed by atoms with E-state index in [2.05, 4.69) is 15.8 Å². The number of thiocarbonyl (C=S) groups is 1. The highest BCUT2D eigenvalue weighted by atomic mass is 32.1. The Hall–Kier alpha value is -0.350. The number of piperidine rings is 1. The van der Waals surface area contributed by atoms with E-state index >= 15 is 0 Å². The quantitative estimate of drug-likeness (QED) is 0.766. The van der Waals surface area contributed by atoms with Crippen molar-refractivity contribution in [3.05, 3.63) is 0 Å². The third-order valence-electron chi connectivity index (χ3n) is 6.03. The van der Waals surface area contributed by atoms with Crippen LogP contribution in [0.25, 0.3) is 0 Å². The molecule has 3 nitrogen and oxygen atoms in total. The van der Waals surface area contributed by atoms with Crippen LogP contribution >= 0.6 is 12.2 Å². The van der Waals surface area contributed by atoms with Gasteiger partial charge in [0.15, 0.2) is 5.11 Å². The summed E-state index contributed by atoms with van der Waals surface area (Å²) in [5.41, 5.74) is 3.79. The second kappa shape index (κ2) is 5.13. The van der Waals surface area contributed by atoms with Gasteiger partial charge in [-0.1, -0.05) is 6.42 Å². The number of hydrazine groups is 1. The summed E-state index contributed by atoms with van der Waals surface area (Å²) in [6.45, 7) is 2.28. The van der Waals surface area contributed by atoms with Crippen LogP contribution in [0, 0.1) is 17.8 Å². The highest BCUT2D eigenvalue weighted by Gasteiger charge is 2.51. The van der Waals surface area contributed by atoms with Gasteiger partial charge in [-0.2, -0.15) is 0 Å². The van der Waals surface area contributed by atoms with E-state index in [9.17, 15) is 0 Å². The van der Waals surface area contributed by atoms with Crippen LogP contribution in [0.2, 0.25) is 0 Å². The highest BCUT2D eigenvalue weighted by Crippen LogP contribution is 2.55. The van der Waals surface area contributed by atoms with Crippen molar-refractivity contribution in [3.63, 3.8) is 0 Å². The van der Waals surface area contributed by atoms with Crippen LogP contribution in [0.3, 0.4) is 0 Å². The van der Waals surface area contributed by atoms with Gasteiger partial charge in [-0.25, -0.2) is 5.01 Å². The van der Waals surface area contributed by atoms with Gasteiger partial charge in [0.1, 0.15) is 0 Å². The molecule has 112 valence electrons. The lowest BCUT2D eigenvalue weighted by molar-refractivity contribution is -0.0108. The fourth-order valence-corrected chi connectivity index (χ4v) is 6.03. The standard InChI is InChI=1S/C16H27N3S/c20-15(18-19-4-2-1-3-5-19)17-16-9-12-6-13(10-16)8-14(7-12)11-16/h12-14H,1-11H2,(H2,17,18,20). The molecule has 0 spiro atoms. The molecule has 4 heteroatoms. The summed E-state index contributed by atoms with van der Waals surface area (Å²) in [7, 11) is 0. The molecule has 0 aromatic rings. The first-order valence-corrected chi connectivity index (χ1v) is 8.95. The number of hydrogen-bond donors (Lipinski definition) is 2. The summed E-state index contributed by atoms with van der Waals surface area (Å²) in [4.78, 5) is 0. The molecule has 5 aliphatic rings. The number of nitrogens with one attached hydrogen (secondary N) is 2. The maximum absolute atomic E-state index is 5.61. The maximum Gasteiger partial charge on any atom is 0.181 e. The predicted octanol–water partition coefficient (Wildman–Crippen LogP) is 2.82. The Morgan fingerprint density at radius 2 is 1.45 bits per heavy atom. The zero-order valence-corrected chi connectivity index (χ0v) is 13.2. The van der Waals surface area contributed by atoms with Gasteiger partial charge in [0.2, 0.25) is 0 Å². The van der Waals surface area contributed by atoms with Gasteiger partial charge < -0.3 is 5.32 Å². The summed E-state index contributed by atoms with van der Waals surface area (Å²) >= 11 is 5.61. The molecule has 1 heterocycles. The first-order chi connectivity index (χ1) is 9.71. The zero-order valence-electron chi connectivity index (χ0n) is 12.4. The van der Waals surface area contributed by atoms with Crippen LogP contribution in [0.4, 0.5) is 0 Å². The summed E-state index contributed by atoms with van der Waals surface area (Å²) in [6, 6.07) is 0. The normalized spacial score (nSPS) is 43.5. The Balaban J connectivity index is 1.37. The van der Waals surface area contributed by atoms with E-state index in [1.54, 1.807) is 0 Å². The lowest BCUT2D eigenvalue weighted by Gasteiger charge is -2.57. The van der Waals surface area contributed by atoms with Crippen molar-refractivity contribution in [2.45, 2.75) is 63.3 Å². The van der Waals surface area contributed by atoms with Crippen molar-refractivity contribution >= 4 is 17.3 Å². The minimum atomic E-state index is 0.342. The van der Waals surface area contributed by atoms with E-state index in [1.807, 2.05) is 0 Å². The predicted molar refractivity (Wildman–Crippen MR) is 85.2 cm³/mol. The van der Waals surface area contributed by atoms with Crippen LogP contribution in [0.5, 0.6) is 0 Å². The van der Waals surface area contributed by atoms with Crippen LogP contribution < -0.4 is 10.7 Å². The van der Waals surface area contributed by atoms with Crippen molar-refractivity contribution in [2.75, 3.05) is 13.1 Å². The van der Waals surface area contributed by atoms with Crippen molar-refractivity contribution in [1.29, 1.82) is 0 Å². The Kier molecular flexibility index (Phi) is 3.42. The Morgan fingerprint density at radius 1 is 0.900 bits per heavy atom. The van der Waals surface area contributed by atoms with Gasteiger partial charge in [-0.3, -0.25) is 5.43 Å². The van der Waals surface area contributed by atoms with Crippen LogP contribution in [-0.4, -0.2) is 28.7 Å². The van der Waals surface area contributed by atoms with Crippen molar-refractivity contribution < 1.29 is 0 Å². The molecular weight excluding hydrogens is 266 g/mol. The smallest absolute Gasteiger partial charge is 0.181 e. The third kappa shape index (κ3) is 2.57. The van der Waals surface area contributed by atoms with E-state index in [0.29, 0.717) is 5.54 Å². The lowest BCUT2D eigenvalue weighted by Crippen LogP contribution is -2.63. The van der Waals surface area contributed by atoms with E-state index < -0.39 is 0 Å². The Bertz CT molecular complexity index is 354. The Morgan fingerprint density at radius 3 is 2.00 bits per heavy atom. The monoisotopic (exact) mass is 293 g/mol. The van der Waals surface area contributed by atoms with Crippen molar-refractivity contribution in [2.24, 2.45) is 17.8 Å². The average Bonchev–Trinajstić information content (AvgIpc) is 2.37. The minimum absolute atomic E-state index is 0.342. The van der Waals surface area contributed by atoms with Gasteiger partial charge in [0, 0.05) is 18.6 Å². The fourth-order valence-electron chi connectivity index (χ4n) is 5.68. The van der Waals surface area contributed by atoms with Crippen LogP contribution in [0.15, 0.2) is 0 Å². The molecule has 0 radical (unpaired) electrons. The Labute approximate surface area is 127 Å². The lowest BCUT2D eigenvalue weighted by atomic mass is 9.53. The van der Waals surface area contributed by atoms with Gasteiger partial charge in [0.05, 0.1) is 0 Å². The molecule has 1 saturated heterocycles. The zero-order chi connectivity index (χ0) is 13.6. The largest absolute Gasteiger partial charge is 0.356 e. The van der Waals surface area contributed by atoms with Crippen LogP contribution in [0.1, 0.15) is 57.8 Å².